The van der Waals surface area contributed by atoms with E-state index in [0.717, 1.165) is 5.56 Å². The van der Waals surface area contributed by atoms with E-state index in [1.807, 2.05) is 6.92 Å². The summed E-state index contributed by atoms with van der Waals surface area (Å²) < 4.78 is 5.23. The molecule has 0 heterocycles. The molecule has 108 valence electrons. The number of hydrogen-bond donors (Lipinski definition) is 1. The predicted octanol–water partition coefficient (Wildman–Crippen LogP) is 3.28. The molecule has 0 saturated heterocycles. The van der Waals surface area contributed by atoms with Crippen LogP contribution in [0.4, 0.5) is 5.69 Å². The van der Waals surface area contributed by atoms with Crippen LogP contribution in [0.5, 0.6) is 5.75 Å². The van der Waals surface area contributed by atoms with Crippen molar-refractivity contribution in [2.45, 2.75) is 6.92 Å². The largest absolute Gasteiger partial charge is 0.496 e. The summed E-state index contributed by atoms with van der Waals surface area (Å²) in [4.78, 5) is 22.0. The second-order valence-electron chi connectivity index (χ2n) is 4.47. The summed E-state index contributed by atoms with van der Waals surface area (Å²) in [6.45, 7) is 1.85. The van der Waals surface area contributed by atoms with Crippen molar-refractivity contribution in [2.75, 3.05) is 7.11 Å². The number of benzene rings is 2. The van der Waals surface area contributed by atoms with E-state index in [0.29, 0.717) is 11.3 Å². The number of nitro benzene ring substituents is 1. The van der Waals surface area contributed by atoms with Gasteiger partial charge in [0.15, 0.2) is 0 Å². The molecule has 0 unspecified atom stereocenters. The van der Waals surface area contributed by atoms with Crippen LogP contribution in [0.25, 0.3) is 11.1 Å². The Balaban J connectivity index is 2.84. The summed E-state index contributed by atoms with van der Waals surface area (Å²) in [5, 5.41) is 20.5. The molecule has 2 rings (SSSR count). The Bertz CT molecular complexity index is 692. The molecule has 0 atom stereocenters. The van der Waals surface area contributed by atoms with Gasteiger partial charge in [0.25, 0.3) is 5.69 Å². The van der Waals surface area contributed by atoms with Gasteiger partial charge < -0.3 is 9.84 Å². The minimum Gasteiger partial charge on any atom is -0.496 e. The third kappa shape index (κ3) is 2.69. The zero-order valence-electron chi connectivity index (χ0n) is 11.5. The molecule has 0 bridgehead atoms. The highest BCUT2D eigenvalue weighted by atomic mass is 16.6. The molecule has 0 fully saturated rings. The maximum absolute atomic E-state index is 11.4. The van der Waals surface area contributed by atoms with Crippen molar-refractivity contribution < 1.29 is 19.6 Å². The van der Waals surface area contributed by atoms with E-state index in [9.17, 15) is 20.0 Å². The van der Waals surface area contributed by atoms with E-state index in [-0.39, 0.29) is 16.8 Å². The van der Waals surface area contributed by atoms with Gasteiger partial charge in [-0.2, -0.15) is 0 Å². The SMILES string of the molecule is COc1cc(C)ccc1-c1c(C(=O)O)cccc1[N+](=O)[O-]. The van der Waals surface area contributed by atoms with Gasteiger partial charge in [0.05, 0.1) is 23.2 Å². The van der Waals surface area contributed by atoms with Gasteiger partial charge >= 0.3 is 5.97 Å². The van der Waals surface area contributed by atoms with E-state index < -0.39 is 10.9 Å². The normalized spacial score (nSPS) is 10.2. The Morgan fingerprint density at radius 2 is 2.00 bits per heavy atom. The highest BCUT2D eigenvalue weighted by Crippen LogP contribution is 2.39. The quantitative estimate of drug-likeness (QED) is 0.688. The summed E-state index contributed by atoms with van der Waals surface area (Å²) in [7, 11) is 1.44. The zero-order valence-corrected chi connectivity index (χ0v) is 11.5. The lowest BCUT2D eigenvalue weighted by Gasteiger charge is -2.12. The third-order valence-corrected chi connectivity index (χ3v) is 3.10. The Morgan fingerprint density at radius 3 is 2.57 bits per heavy atom. The molecule has 21 heavy (non-hydrogen) atoms. The predicted molar refractivity (Wildman–Crippen MR) is 76.8 cm³/mol. The third-order valence-electron chi connectivity index (χ3n) is 3.10. The van der Waals surface area contributed by atoms with Crippen molar-refractivity contribution in [3.8, 4) is 16.9 Å². The minimum atomic E-state index is -1.23. The smallest absolute Gasteiger partial charge is 0.336 e. The zero-order chi connectivity index (χ0) is 15.6. The van der Waals surface area contributed by atoms with Gasteiger partial charge in [-0.1, -0.05) is 18.2 Å². The van der Waals surface area contributed by atoms with Crippen molar-refractivity contribution in [3.63, 3.8) is 0 Å². The van der Waals surface area contributed by atoms with Crippen LogP contribution < -0.4 is 4.74 Å². The first-order chi connectivity index (χ1) is 9.95. The number of carboxylic acids is 1. The van der Waals surface area contributed by atoms with Crippen LogP contribution in [0.3, 0.4) is 0 Å². The lowest BCUT2D eigenvalue weighted by atomic mass is 9.96. The van der Waals surface area contributed by atoms with Gasteiger partial charge in [0.1, 0.15) is 5.75 Å². The molecule has 0 aliphatic rings. The summed E-state index contributed by atoms with van der Waals surface area (Å²) in [6, 6.07) is 9.05. The first kappa shape index (κ1) is 14.5. The van der Waals surface area contributed by atoms with Gasteiger partial charge in [0, 0.05) is 11.6 Å². The second kappa shape index (κ2) is 5.62. The lowest BCUT2D eigenvalue weighted by molar-refractivity contribution is -0.384. The minimum absolute atomic E-state index is 0.0480. The second-order valence-corrected chi connectivity index (χ2v) is 4.47. The molecule has 2 aromatic carbocycles. The molecule has 0 amide bonds. The van der Waals surface area contributed by atoms with E-state index in [4.69, 9.17) is 4.74 Å². The number of aryl methyl sites for hydroxylation is 1. The van der Waals surface area contributed by atoms with E-state index >= 15 is 0 Å². The van der Waals surface area contributed by atoms with Crippen molar-refractivity contribution in [2.24, 2.45) is 0 Å². The van der Waals surface area contributed by atoms with Crippen molar-refractivity contribution in [1.82, 2.24) is 0 Å². The number of carbonyl (C=O) groups is 1. The lowest BCUT2D eigenvalue weighted by Crippen LogP contribution is -2.04. The standard InChI is InChI=1S/C15H13NO5/c1-9-6-7-10(13(8-9)21-2)14-11(15(17)18)4-3-5-12(14)16(19)20/h3-8H,1-2H3,(H,17,18). The molecule has 0 aliphatic heterocycles. The average Bonchev–Trinajstić information content (AvgIpc) is 2.46. The molecule has 0 radical (unpaired) electrons. The molecule has 6 heteroatoms. The van der Waals surface area contributed by atoms with E-state index in [1.165, 1.54) is 25.3 Å². The van der Waals surface area contributed by atoms with Gasteiger partial charge in [-0.25, -0.2) is 4.79 Å². The molecule has 0 spiro atoms. The summed E-state index contributed by atoms with van der Waals surface area (Å²) in [5.74, 6) is -0.830. The molecular formula is C15H13NO5. The number of nitrogens with zero attached hydrogens (tertiary/aromatic N) is 1. The molecule has 0 saturated carbocycles. The number of methoxy groups -OCH3 is 1. The van der Waals surface area contributed by atoms with E-state index in [2.05, 4.69) is 0 Å². The summed E-state index contributed by atoms with van der Waals surface area (Å²) in [5.41, 5.74) is 0.939. The van der Waals surface area contributed by atoms with Crippen LogP contribution in [-0.2, 0) is 0 Å². The molecular weight excluding hydrogens is 274 g/mol. The van der Waals surface area contributed by atoms with Crippen LogP contribution in [0.2, 0.25) is 0 Å². The Hall–Kier alpha value is -2.89. The van der Waals surface area contributed by atoms with Crippen molar-refractivity contribution >= 4 is 11.7 Å². The number of carboxylic acid groups (broad SMARTS) is 1. The first-order valence-corrected chi connectivity index (χ1v) is 6.11. The molecule has 6 nitrogen and oxygen atoms in total. The maximum Gasteiger partial charge on any atom is 0.336 e. The number of ether oxygens (including phenoxy) is 1. The fourth-order valence-corrected chi connectivity index (χ4v) is 2.16. The van der Waals surface area contributed by atoms with Crippen LogP contribution in [-0.4, -0.2) is 23.1 Å². The van der Waals surface area contributed by atoms with Crippen LogP contribution >= 0.6 is 0 Å². The molecule has 0 aliphatic carbocycles. The Labute approximate surface area is 120 Å². The number of nitro groups is 1. The average molecular weight is 287 g/mol. The topological polar surface area (TPSA) is 89.7 Å². The molecule has 0 aromatic heterocycles. The fraction of sp³-hybridized carbons (Fsp3) is 0.133. The Morgan fingerprint density at radius 1 is 1.29 bits per heavy atom. The van der Waals surface area contributed by atoms with Gasteiger partial charge in [0.2, 0.25) is 0 Å². The summed E-state index contributed by atoms with van der Waals surface area (Å²) >= 11 is 0. The van der Waals surface area contributed by atoms with E-state index in [1.54, 1.807) is 18.2 Å². The Kier molecular flexibility index (Phi) is 3.89. The summed E-state index contributed by atoms with van der Waals surface area (Å²) in [6.07, 6.45) is 0. The van der Waals surface area contributed by atoms with Gasteiger partial charge in [-0.05, 0) is 24.6 Å². The number of hydrogen-bond acceptors (Lipinski definition) is 4. The van der Waals surface area contributed by atoms with Crippen LogP contribution in [0, 0.1) is 17.0 Å². The molecule has 1 N–H and O–H groups in total. The number of rotatable bonds is 4. The fourth-order valence-electron chi connectivity index (χ4n) is 2.16. The monoisotopic (exact) mass is 287 g/mol. The molecule has 2 aromatic rings. The highest BCUT2D eigenvalue weighted by molar-refractivity contribution is 6.00. The first-order valence-electron chi connectivity index (χ1n) is 6.11. The van der Waals surface area contributed by atoms with Crippen molar-refractivity contribution in [3.05, 3.63) is 57.6 Å². The van der Waals surface area contributed by atoms with Gasteiger partial charge in [-0.3, -0.25) is 10.1 Å². The number of aromatic carboxylic acids is 1. The van der Waals surface area contributed by atoms with Crippen molar-refractivity contribution in [1.29, 1.82) is 0 Å². The highest BCUT2D eigenvalue weighted by Gasteiger charge is 2.24. The van der Waals surface area contributed by atoms with Crippen LogP contribution in [0.15, 0.2) is 36.4 Å². The maximum atomic E-state index is 11.4. The van der Waals surface area contributed by atoms with Gasteiger partial charge in [-0.15, -0.1) is 0 Å². The van der Waals surface area contributed by atoms with Crippen LogP contribution in [0.1, 0.15) is 15.9 Å².